The van der Waals surface area contributed by atoms with Gasteiger partial charge in [-0.25, -0.2) is 0 Å². The molecule has 9 heteroatoms. The van der Waals surface area contributed by atoms with Crippen molar-refractivity contribution in [3.63, 3.8) is 0 Å². The Morgan fingerprint density at radius 2 is 2.00 bits per heavy atom. The highest BCUT2D eigenvalue weighted by molar-refractivity contribution is 7.09. The number of hydrogen-bond acceptors (Lipinski definition) is 5. The first kappa shape index (κ1) is 16.7. The van der Waals surface area contributed by atoms with Crippen LogP contribution in [0, 0.1) is 11.3 Å². The average molecular weight is 311 g/mol. The van der Waals surface area contributed by atoms with Gasteiger partial charge < -0.3 is 10.4 Å². The van der Waals surface area contributed by atoms with E-state index in [1.54, 1.807) is 0 Å². The summed E-state index contributed by atoms with van der Waals surface area (Å²) in [6, 6.07) is 0. The molecule has 1 heterocycles. The molecule has 0 saturated carbocycles. The lowest BCUT2D eigenvalue weighted by Crippen LogP contribution is -2.27. The van der Waals surface area contributed by atoms with Crippen LogP contribution < -0.4 is 5.32 Å². The summed E-state index contributed by atoms with van der Waals surface area (Å²) in [5.41, 5.74) is -0.191. The third kappa shape index (κ3) is 5.32. The Kier molecular flexibility index (Phi) is 4.95. The number of carboxylic acid groups (broad SMARTS) is 1. The Labute approximate surface area is 118 Å². The number of aromatic nitrogens is 2. The summed E-state index contributed by atoms with van der Waals surface area (Å²) in [5, 5.41) is 11.7. The summed E-state index contributed by atoms with van der Waals surface area (Å²) < 4.78 is 40.1. The molecule has 1 atom stereocenters. The molecule has 1 rings (SSSR count). The lowest BCUT2D eigenvalue weighted by atomic mass is 9.84. The van der Waals surface area contributed by atoms with Crippen molar-refractivity contribution < 1.29 is 23.1 Å². The Balaban J connectivity index is 2.64. The molecule has 5 nitrogen and oxygen atoms in total. The first-order valence-corrected chi connectivity index (χ1v) is 6.64. The summed E-state index contributed by atoms with van der Waals surface area (Å²) in [5.74, 6) is -2.91. The Morgan fingerprint density at radius 3 is 2.40 bits per heavy atom. The molecule has 1 aromatic rings. The molecule has 20 heavy (non-hydrogen) atoms. The Hall–Kier alpha value is -1.38. The Morgan fingerprint density at radius 1 is 1.40 bits per heavy atom. The van der Waals surface area contributed by atoms with Gasteiger partial charge in [-0.3, -0.25) is 4.79 Å². The van der Waals surface area contributed by atoms with Crippen molar-refractivity contribution in [1.82, 2.24) is 9.36 Å². The van der Waals surface area contributed by atoms with Crippen LogP contribution in [0.25, 0.3) is 0 Å². The van der Waals surface area contributed by atoms with E-state index in [1.807, 2.05) is 20.8 Å². The summed E-state index contributed by atoms with van der Waals surface area (Å²) in [6.07, 6.45) is -4.19. The molecule has 1 unspecified atom stereocenters. The number of carbonyl (C=O) groups is 1. The van der Waals surface area contributed by atoms with Crippen LogP contribution in [0.3, 0.4) is 0 Å². The van der Waals surface area contributed by atoms with E-state index in [0.29, 0.717) is 18.0 Å². The molecule has 0 aliphatic heterocycles. The number of rotatable bonds is 5. The second kappa shape index (κ2) is 5.94. The maximum Gasteiger partial charge on any atom is 0.452 e. The van der Waals surface area contributed by atoms with Crippen molar-refractivity contribution in [2.24, 2.45) is 11.3 Å². The number of aliphatic carboxylic acids is 1. The van der Waals surface area contributed by atoms with Gasteiger partial charge in [0.25, 0.3) is 0 Å². The zero-order chi connectivity index (χ0) is 15.6. The third-order valence-corrected chi connectivity index (χ3v) is 3.06. The second-order valence-electron chi connectivity index (χ2n) is 5.60. The number of anilines is 1. The molecular formula is C11H16F3N3O2S. The molecule has 1 aromatic heterocycles. The smallest absolute Gasteiger partial charge is 0.452 e. The summed E-state index contributed by atoms with van der Waals surface area (Å²) >= 11 is 0.563. The van der Waals surface area contributed by atoms with Gasteiger partial charge in [-0.1, -0.05) is 20.8 Å². The van der Waals surface area contributed by atoms with E-state index in [2.05, 4.69) is 14.7 Å². The summed E-state index contributed by atoms with van der Waals surface area (Å²) in [4.78, 5) is 14.4. The standard InChI is InChI=1S/C11H16F3N3O2S/c1-10(2,3)4-6(7(18)19)5-15-9-16-8(17-20-9)11(12,13)14/h6H,4-5H2,1-3H3,(H,18,19)(H,15,16,17). The predicted molar refractivity (Wildman–Crippen MR) is 68.6 cm³/mol. The van der Waals surface area contributed by atoms with Crippen LogP contribution in [0.4, 0.5) is 18.3 Å². The monoisotopic (exact) mass is 311 g/mol. The number of halogens is 3. The van der Waals surface area contributed by atoms with Crippen LogP contribution in [0.5, 0.6) is 0 Å². The highest BCUT2D eigenvalue weighted by Crippen LogP contribution is 2.29. The van der Waals surface area contributed by atoms with Gasteiger partial charge in [0.1, 0.15) is 0 Å². The quantitative estimate of drug-likeness (QED) is 0.874. The van der Waals surface area contributed by atoms with Gasteiger partial charge in [-0.05, 0) is 11.8 Å². The number of carboxylic acids is 1. The average Bonchev–Trinajstić information content (AvgIpc) is 2.70. The van der Waals surface area contributed by atoms with E-state index < -0.39 is 23.9 Å². The zero-order valence-corrected chi connectivity index (χ0v) is 12.1. The lowest BCUT2D eigenvalue weighted by Gasteiger charge is -2.23. The number of nitrogens with one attached hydrogen (secondary N) is 1. The molecule has 0 saturated heterocycles. The lowest BCUT2D eigenvalue weighted by molar-refractivity contribution is -0.144. The van der Waals surface area contributed by atoms with Crippen LogP contribution in [-0.4, -0.2) is 27.0 Å². The van der Waals surface area contributed by atoms with E-state index in [1.165, 1.54) is 0 Å². The van der Waals surface area contributed by atoms with E-state index in [4.69, 9.17) is 5.11 Å². The SMILES string of the molecule is CC(C)(C)CC(CNc1nc(C(F)(F)F)ns1)C(=O)O. The van der Waals surface area contributed by atoms with Crippen molar-refractivity contribution in [2.45, 2.75) is 33.4 Å². The van der Waals surface area contributed by atoms with Gasteiger partial charge in [0.15, 0.2) is 0 Å². The van der Waals surface area contributed by atoms with Crippen molar-refractivity contribution in [2.75, 3.05) is 11.9 Å². The topological polar surface area (TPSA) is 75.1 Å². The fourth-order valence-corrected chi connectivity index (χ4v) is 2.20. The number of hydrogen-bond donors (Lipinski definition) is 2. The molecule has 0 aromatic carbocycles. The minimum Gasteiger partial charge on any atom is -0.481 e. The fourth-order valence-electron chi connectivity index (χ4n) is 1.61. The molecule has 2 N–H and O–H groups in total. The Bertz CT molecular complexity index is 468. The number of alkyl halides is 3. The maximum atomic E-state index is 12.3. The minimum atomic E-state index is -4.59. The molecule has 0 aliphatic rings. The molecule has 114 valence electrons. The highest BCUT2D eigenvalue weighted by atomic mass is 32.1. The molecule has 0 spiro atoms. The van der Waals surface area contributed by atoms with Crippen molar-refractivity contribution in [3.05, 3.63) is 5.82 Å². The van der Waals surface area contributed by atoms with Crippen LogP contribution in [0.1, 0.15) is 33.0 Å². The second-order valence-corrected chi connectivity index (χ2v) is 6.35. The molecular weight excluding hydrogens is 295 g/mol. The van der Waals surface area contributed by atoms with Crippen LogP contribution >= 0.6 is 11.5 Å². The zero-order valence-electron chi connectivity index (χ0n) is 11.3. The largest absolute Gasteiger partial charge is 0.481 e. The van der Waals surface area contributed by atoms with Gasteiger partial charge in [0.2, 0.25) is 11.0 Å². The van der Waals surface area contributed by atoms with Gasteiger partial charge >= 0.3 is 12.1 Å². The highest BCUT2D eigenvalue weighted by Gasteiger charge is 2.36. The molecule has 0 amide bonds. The van der Waals surface area contributed by atoms with Crippen molar-refractivity contribution in [1.29, 1.82) is 0 Å². The minimum absolute atomic E-state index is 0.0130. The van der Waals surface area contributed by atoms with Gasteiger partial charge in [-0.15, -0.1) is 0 Å². The molecule has 0 radical (unpaired) electrons. The number of nitrogens with zero attached hydrogens (tertiary/aromatic N) is 2. The van der Waals surface area contributed by atoms with Gasteiger partial charge in [0, 0.05) is 18.1 Å². The molecule has 0 fully saturated rings. The first-order chi connectivity index (χ1) is 8.99. The summed E-state index contributed by atoms with van der Waals surface area (Å²) in [7, 11) is 0. The van der Waals surface area contributed by atoms with E-state index >= 15 is 0 Å². The van der Waals surface area contributed by atoms with E-state index in [-0.39, 0.29) is 17.1 Å². The first-order valence-electron chi connectivity index (χ1n) is 5.86. The normalized spacial score (nSPS) is 14.1. The van der Waals surface area contributed by atoms with Crippen molar-refractivity contribution >= 4 is 22.6 Å². The summed E-state index contributed by atoms with van der Waals surface area (Å²) in [6.45, 7) is 5.71. The third-order valence-electron chi connectivity index (χ3n) is 2.39. The molecule has 0 bridgehead atoms. The van der Waals surface area contributed by atoms with Crippen molar-refractivity contribution in [3.8, 4) is 0 Å². The van der Waals surface area contributed by atoms with Crippen LogP contribution in [-0.2, 0) is 11.0 Å². The van der Waals surface area contributed by atoms with E-state index in [9.17, 15) is 18.0 Å². The van der Waals surface area contributed by atoms with Gasteiger partial charge in [0.05, 0.1) is 5.92 Å². The fraction of sp³-hybridized carbons (Fsp3) is 0.727. The van der Waals surface area contributed by atoms with Gasteiger partial charge in [-0.2, -0.15) is 22.5 Å². The van der Waals surface area contributed by atoms with E-state index in [0.717, 1.165) is 0 Å². The predicted octanol–water partition coefficient (Wildman–Crippen LogP) is 3.11. The maximum absolute atomic E-state index is 12.3. The van der Waals surface area contributed by atoms with Crippen LogP contribution in [0.2, 0.25) is 0 Å². The molecule has 0 aliphatic carbocycles. The van der Waals surface area contributed by atoms with Crippen LogP contribution in [0.15, 0.2) is 0 Å².